The lowest BCUT2D eigenvalue weighted by molar-refractivity contribution is -0.126. The predicted molar refractivity (Wildman–Crippen MR) is 88.4 cm³/mol. The molecular weight excluding hydrogens is 274 g/mol. The van der Waals surface area contributed by atoms with Crippen molar-refractivity contribution >= 4 is 5.91 Å². The quantitative estimate of drug-likeness (QED) is 0.873. The van der Waals surface area contributed by atoms with Gasteiger partial charge in [0.1, 0.15) is 0 Å². The van der Waals surface area contributed by atoms with Gasteiger partial charge in [0.05, 0.1) is 5.92 Å². The number of nitrogens with one attached hydrogen (secondary N) is 2. The smallest absolute Gasteiger partial charge is 0.225 e. The van der Waals surface area contributed by atoms with E-state index in [1.165, 1.54) is 36.9 Å². The van der Waals surface area contributed by atoms with Crippen molar-refractivity contribution in [3.8, 4) is 0 Å². The van der Waals surface area contributed by atoms with Gasteiger partial charge in [0.15, 0.2) is 0 Å². The van der Waals surface area contributed by atoms with Crippen molar-refractivity contribution in [3.05, 3.63) is 35.4 Å². The third-order valence-electron chi connectivity index (χ3n) is 5.04. The highest BCUT2D eigenvalue weighted by Gasteiger charge is 2.24. The van der Waals surface area contributed by atoms with Crippen LogP contribution in [0.25, 0.3) is 0 Å². The SMILES string of the molecule is CC1CCCCN1Cc1ccccc1CNC(=O)C1CNC1. The van der Waals surface area contributed by atoms with Crippen molar-refractivity contribution in [1.29, 1.82) is 0 Å². The van der Waals surface area contributed by atoms with E-state index >= 15 is 0 Å². The number of carbonyl (C=O) groups excluding carboxylic acids is 1. The van der Waals surface area contributed by atoms with E-state index in [1.807, 2.05) is 0 Å². The molecule has 0 aromatic heterocycles. The minimum atomic E-state index is 0.161. The number of carbonyl (C=O) groups is 1. The van der Waals surface area contributed by atoms with Crippen LogP contribution in [-0.4, -0.2) is 36.5 Å². The Hall–Kier alpha value is -1.39. The molecule has 2 heterocycles. The van der Waals surface area contributed by atoms with Crippen LogP contribution in [0.15, 0.2) is 24.3 Å². The maximum atomic E-state index is 12.0. The molecule has 3 rings (SSSR count). The van der Waals surface area contributed by atoms with Crippen LogP contribution in [0.4, 0.5) is 0 Å². The predicted octanol–water partition coefficient (Wildman–Crippen LogP) is 1.90. The number of hydrogen-bond acceptors (Lipinski definition) is 3. The monoisotopic (exact) mass is 301 g/mol. The van der Waals surface area contributed by atoms with E-state index in [0.29, 0.717) is 12.6 Å². The maximum Gasteiger partial charge on any atom is 0.225 e. The molecule has 0 saturated carbocycles. The van der Waals surface area contributed by atoms with Crippen molar-refractivity contribution in [3.63, 3.8) is 0 Å². The number of likely N-dealkylation sites (tertiary alicyclic amines) is 1. The number of nitrogens with zero attached hydrogens (tertiary/aromatic N) is 1. The van der Waals surface area contributed by atoms with E-state index in [0.717, 1.165) is 19.6 Å². The molecular formula is C18H27N3O. The van der Waals surface area contributed by atoms with Crippen LogP contribution in [-0.2, 0) is 17.9 Å². The Morgan fingerprint density at radius 3 is 2.73 bits per heavy atom. The van der Waals surface area contributed by atoms with Crippen molar-refractivity contribution in [2.45, 2.75) is 45.3 Å². The average molecular weight is 301 g/mol. The lowest BCUT2D eigenvalue weighted by Gasteiger charge is -2.34. The Kier molecular flexibility index (Phi) is 5.11. The van der Waals surface area contributed by atoms with Crippen molar-refractivity contribution in [2.24, 2.45) is 5.92 Å². The standard InChI is InChI=1S/C18H27N3O/c1-14-6-4-5-9-21(14)13-16-8-3-2-7-15(16)12-20-18(22)17-10-19-11-17/h2-3,7-8,14,17,19H,4-6,9-13H2,1H3,(H,20,22). The maximum absolute atomic E-state index is 12.0. The molecule has 2 fully saturated rings. The zero-order valence-corrected chi connectivity index (χ0v) is 13.5. The van der Waals surface area contributed by atoms with E-state index in [4.69, 9.17) is 0 Å². The van der Waals surface area contributed by atoms with Crippen molar-refractivity contribution in [2.75, 3.05) is 19.6 Å². The first-order valence-electron chi connectivity index (χ1n) is 8.53. The molecule has 0 radical (unpaired) electrons. The molecule has 1 aromatic rings. The fraction of sp³-hybridized carbons (Fsp3) is 0.611. The fourth-order valence-electron chi connectivity index (χ4n) is 3.30. The molecule has 22 heavy (non-hydrogen) atoms. The van der Waals surface area contributed by atoms with Gasteiger partial charge in [0.25, 0.3) is 0 Å². The van der Waals surface area contributed by atoms with Gasteiger partial charge in [0.2, 0.25) is 5.91 Å². The minimum Gasteiger partial charge on any atom is -0.352 e. The summed E-state index contributed by atoms with van der Waals surface area (Å²) in [5.74, 6) is 0.342. The molecule has 1 aromatic carbocycles. The first kappa shape index (κ1) is 15.5. The van der Waals surface area contributed by atoms with Crippen LogP contribution in [0.5, 0.6) is 0 Å². The van der Waals surface area contributed by atoms with Gasteiger partial charge in [-0.2, -0.15) is 0 Å². The highest BCUT2D eigenvalue weighted by Crippen LogP contribution is 2.20. The van der Waals surface area contributed by atoms with Gasteiger partial charge >= 0.3 is 0 Å². The summed E-state index contributed by atoms with van der Waals surface area (Å²) in [5.41, 5.74) is 2.60. The van der Waals surface area contributed by atoms with Crippen LogP contribution in [0.1, 0.15) is 37.3 Å². The Morgan fingerprint density at radius 1 is 1.27 bits per heavy atom. The molecule has 0 aliphatic carbocycles. The Balaban J connectivity index is 1.60. The van der Waals surface area contributed by atoms with Gasteiger partial charge in [-0.3, -0.25) is 9.69 Å². The largest absolute Gasteiger partial charge is 0.352 e. The molecule has 2 saturated heterocycles. The van der Waals surface area contributed by atoms with Gasteiger partial charge in [-0.05, 0) is 37.4 Å². The first-order chi connectivity index (χ1) is 10.7. The average Bonchev–Trinajstić information content (AvgIpc) is 2.47. The summed E-state index contributed by atoms with van der Waals surface area (Å²) in [6, 6.07) is 9.18. The van der Waals surface area contributed by atoms with Crippen LogP contribution >= 0.6 is 0 Å². The van der Waals surface area contributed by atoms with E-state index < -0.39 is 0 Å². The molecule has 1 amide bonds. The van der Waals surface area contributed by atoms with Crippen LogP contribution in [0.2, 0.25) is 0 Å². The van der Waals surface area contributed by atoms with E-state index in [-0.39, 0.29) is 11.8 Å². The minimum absolute atomic E-state index is 0.161. The molecule has 4 nitrogen and oxygen atoms in total. The molecule has 2 aliphatic heterocycles. The van der Waals surface area contributed by atoms with Gasteiger partial charge in [-0.15, -0.1) is 0 Å². The summed E-state index contributed by atoms with van der Waals surface area (Å²) >= 11 is 0. The summed E-state index contributed by atoms with van der Waals surface area (Å²) in [6.07, 6.45) is 3.95. The zero-order chi connectivity index (χ0) is 15.4. The highest BCUT2D eigenvalue weighted by molar-refractivity contribution is 5.80. The van der Waals surface area contributed by atoms with E-state index in [1.54, 1.807) is 0 Å². The first-order valence-corrected chi connectivity index (χ1v) is 8.53. The summed E-state index contributed by atoms with van der Waals surface area (Å²) in [6.45, 7) is 6.80. The fourth-order valence-corrected chi connectivity index (χ4v) is 3.30. The van der Waals surface area contributed by atoms with Crippen molar-refractivity contribution < 1.29 is 4.79 Å². The normalized spacial score (nSPS) is 23.0. The topological polar surface area (TPSA) is 44.4 Å². The second-order valence-electron chi connectivity index (χ2n) is 6.66. The molecule has 0 spiro atoms. The molecule has 0 bridgehead atoms. The number of benzene rings is 1. The zero-order valence-electron chi connectivity index (χ0n) is 13.5. The molecule has 1 atom stereocenters. The van der Waals surface area contributed by atoms with Gasteiger partial charge in [-0.1, -0.05) is 30.7 Å². The lowest BCUT2D eigenvalue weighted by Crippen LogP contribution is -2.50. The number of rotatable bonds is 5. The third-order valence-corrected chi connectivity index (χ3v) is 5.04. The summed E-state index contributed by atoms with van der Waals surface area (Å²) < 4.78 is 0. The third kappa shape index (κ3) is 3.68. The Labute approximate surface area is 133 Å². The van der Waals surface area contributed by atoms with E-state index in [9.17, 15) is 4.79 Å². The summed E-state index contributed by atoms with van der Waals surface area (Å²) in [7, 11) is 0. The van der Waals surface area contributed by atoms with Crippen LogP contribution in [0.3, 0.4) is 0 Å². The van der Waals surface area contributed by atoms with Gasteiger partial charge in [-0.25, -0.2) is 0 Å². The Bertz CT molecular complexity index is 513. The second kappa shape index (κ2) is 7.25. The van der Waals surface area contributed by atoms with Crippen LogP contribution < -0.4 is 10.6 Å². The molecule has 2 aliphatic rings. The second-order valence-corrected chi connectivity index (χ2v) is 6.66. The van der Waals surface area contributed by atoms with Gasteiger partial charge in [0, 0.05) is 32.2 Å². The summed E-state index contributed by atoms with van der Waals surface area (Å²) in [5, 5.41) is 6.24. The molecule has 4 heteroatoms. The molecule has 2 N–H and O–H groups in total. The van der Waals surface area contributed by atoms with Crippen molar-refractivity contribution in [1.82, 2.24) is 15.5 Å². The highest BCUT2D eigenvalue weighted by atomic mass is 16.2. The van der Waals surface area contributed by atoms with Gasteiger partial charge < -0.3 is 10.6 Å². The number of hydrogen-bond donors (Lipinski definition) is 2. The summed E-state index contributed by atoms with van der Waals surface area (Å²) in [4.78, 5) is 14.6. The molecule has 120 valence electrons. The van der Waals surface area contributed by atoms with E-state index in [2.05, 4.69) is 46.7 Å². The molecule has 1 unspecified atom stereocenters. The number of amides is 1. The number of piperidine rings is 1. The Morgan fingerprint density at radius 2 is 2.05 bits per heavy atom. The lowest BCUT2D eigenvalue weighted by atomic mass is 10.00. The van der Waals surface area contributed by atoms with Crippen LogP contribution in [0, 0.1) is 5.92 Å².